The van der Waals surface area contributed by atoms with Gasteiger partial charge in [-0.05, 0) is 36.1 Å². The molecule has 4 nitrogen and oxygen atoms in total. The van der Waals surface area contributed by atoms with Gasteiger partial charge in [0.25, 0.3) is 0 Å². The summed E-state index contributed by atoms with van der Waals surface area (Å²) in [5.74, 6) is -1.40. The molecule has 7 heteroatoms. The zero-order valence-electron chi connectivity index (χ0n) is 13.8. The molecule has 138 valence electrons. The van der Waals surface area contributed by atoms with Gasteiger partial charge in [0.1, 0.15) is 0 Å². The SMILES string of the molecule is O=C(CCc1ccccc1C(=O)O)NCCc1ccccc1C(F)(F)F. The Bertz CT molecular complexity index is 788. The van der Waals surface area contributed by atoms with E-state index in [9.17, 15) is 22.8 Å². The van der Waals surface area contributed by atoms with E-state index in [-0.39, 0.29) is 42.8 Å². The van der Waals surface area contributed by atoms with Gasteiger partial charge in [0.2, 0.25) is 5.91 Å². The van der Waals surface area contributed by atoms with E-state index >= 15 is 0 Å². The van der Waals surface area contributed by atoms with E-state index in [4.69, 9.17) is 5.11 Å². The molecule has 0 atom stereocenters. The van der Waals surface area contributed by atoms with Crippen LogP contribution in [0.5, 0.6) is 0 Å². The van der Waals surface area contributed by atoms with Crippen LogP contribution in [0.25, 0.3) is 0 Å². The summed E-state index contributed by atoms with van der Waals surface area (Å²) >= 11 is 0. The molecule has 0 aliphatic carbocycles. The Morgan fingerprint density at radius 1 is 0.923 bits per heavy atom. The number of alkyl halides is 3. The maximum atomic E-state index is 12.9. The lowest BCUT2D eigenvalue weighted by Gasteiger charge is -2.13. The van der Waals surface area contributed by atoms with Crippen LogP contribution >= 0.6 is 0 Å². The second kappa shape index (κ2) is 8.51. The summed E-state index contributed by atoms with van der Waals surface area (Å²) in [5.41, 5.74) is 0.0955. The first-order valence-corrected chi connectivity index (χ1v) is 8.02. The van der Waals surface area contributed by atoms with Crippen LogP contribution < -0.4 is 5.32 Å². The Hall–Kier alpha value is -2.83. The lowest BCUT2D eigenvalue weighted by molar-refractivity contribution is -0.138. The number of benzene rings is 2. The predicted molar refractivity (Wildman–Crippen MR) is 89.9 cm³/mol. The van der Waals surface area contributed by atoms with Crippen LogP contribution in [0.2, 0.25) is 0 Å². The van der Waals surface area contributed by atoms with Crippen molar-refractivity contribution in [2.45, 2.75) is 25.4 Å². The summed E-state index contributed by atoms with van der Waals surface area (Å²) in [6, 6.07) is 11.6. The van der Waals surface area contributed by atoms with Crippen LogP contribution in [-0.4, -0.2) is 23.5 Å². The monoisotopic (exact) mass is 365 g/mol. The zero-order valence-corrected chi connectivity index (χ0v) is 13.8. The second-order valence-electron chi connectivity index (χ2n) is 5.72. The molecule has 26 heavy (non-hydrogen) atoms. The van der Waals surface area contributed by atoms with Gasteiger partial charge in [0, 0.05) is 13.0 Å². The van der Waals surface area contributed by atoms with Gasteiger partial charge in [0.15, 0.2) is 0 Å². The average molecular weight is 365 g/mol. The molecule has 1 amide bonds. The second-order valence-corrected chi connectivity index (χ2v) is 5.72. The van der Waals surface area contributed by atoms with E-state index in [2.05, 4.69) is 5.32 Å². The minimum absolute atomic E-state index is 0.0607. The summed E-state index contributed by atoms with van der Waals surface area (Å²) in [5, 5.41) is 11.7. The van der Waals surface area contributed by atoms with Crippen LogP contribution in [-0.2, 0) is 23.8 Å². The molecule has 0 heterocycles. The third kappa shape index (κ3) is 5.34. The number of carbonyl (C=O) groups is 2. The molecule has 2 N–H and O–H groups in total. The summed E-state index contributed by atoms with van der Waals surface area (Å²) < 4.78 is 38.7. The normalized spacial score (nSPS) is 11.2. The fourth-order valence-electron chi connectivity index (χ4n) is 2.63. The van der Waals surface area contributed by atoms with Gasteiger partial charge in [-0.15, -0.1) is 0 Å². The smallest absolute Gasteiger partial charge is 0.416 e. The maximum Gasteiger partial charge on any atom is 0.416 e. The summed E-state index contributed by atoms with van der Waals surface area (Å²) in [7, 11) is 0. The minimum Gasteiger partial charge on any atom is -0.478 e. The number of aryl methyl sites for hydroxylation is 1. The number of hydrogen-bond acceptors (Lipinski definition) is 2. The Labute approximate surface area is 148 Å². The fourth-order valence-corrected chi connectivity index (χ4v) is 2.63. The molecule has 2 aromatic carbocycles. The van der Waals surface area contributed by atoms with Crippen LogP contribution in [0.15, 0.2) is 48.5 Å². The molecular weight excluding hydrogens is 347 g/mol. The molecule has 0 radical (unpaired) electrons. The van der Waals surface area contributed by atoms with Crippen molar-refractivity contribution >= 4 is 11.9 Å². The van der Waals surface area contributed by atoms with Crippen molar-refractivity contribution in [1.29, 1.82) is 0 Å². The van der Waals surface area contributed by atoms with Gasteiger partial charge < -0.3 is 10.4 Å². The molecule has 0 saturated heterocycles. The summed E-state index contributed by atoms with van der Waals surface area (Å²) in [4.78, 5) is 23.0. The number of carboxylic acid groups (broad SMARTS) is 1. The van der Waals surface area contributed by atoms with Crippen molar-refractivity contribution < 1.29 is 27.9 Å². The number of carbonyl (C=O) groups excluding carboxylic acids is 1. The third-order valence-electron chi connectivity index (χ3n) is 3.91. The molecule has 2 rings (SSSR count). The molecule has 0 aliphatic heterocycles. The first kappa shape index (κ1) is 19.5. The molecule has 0 aromatic heterocycles. The van der Waals surface area contributed by atoms with Crippen molar-refractivity contribution in [3.8, 4) is 0 Å². The molecular formula is C19H18F3NO3. The minimum atomic E-state index is -4.43. The number of hydrogen-bond donors (Lipinski definition) is 2. The van der Waals surface area contributed by atoms with Gasteiger partial charge in [-0.3, -0.25) is 4.79 Å². The van der Waals surface area contributed by atoms with E-state index in [0.717, 1.165) is 6.07 Å². The van der Waals surface area contributed by atoms with Crippen molar-refractivity contribution in [1.82, 2.24) is 5.32 Å². The highest BCUT2D eigenvalue weighted by Gasteiger charge is 2.32. The van der Waals surface area contributed by atoms with E-state index in [0.29, 0.717) is 5.56 Å². The Balaban J connectivity index is 1.87. The maximum absolute atomic E-state index is 12.9. The van der Waals surface area contributed by atoms with Crippen LogP contribution in [0.4, 0.5) is 13.2 Å². The molecule has 0 fully saturated rings. The van der Waals surface area contributed by atoms with E-state index < -0.39 is 17.7 Å². The number of carboxylic acids is 1. The molecule has 2 aromatic rings. The Kier molecular flexibility index (Phi) is 6.38. The number of nitrogens with one attached hydrogen (secondary N) is 1. The van der Waals surface area contributed by atoms with Gasteiger partial charge in [-0.25, -0.2) is 4.79 Å². The van der Waals surface area contributed by atoms with Gasteiger partial charge in [-0.2, -0.15) is 13.2 Å². The van der Waals surface area contributed by atoms with Crippen molar-refractivity contribution in [3.05, 3.63) is 70.8 Å². The first-order chi connectivity index (χ1) is 12.3. The largest absolute Gasteiger partial charge is 0.478 e. The highest BCUT2D eigenvalue weighted by molar-refractivity contribution is 5.89. The lowest BCUT2D eigenvalue weighted by Crippen LogP contribution is -2.26. The van der Waals surface area contributed by atoms with Gasteiger partial charge in [-0.1, -0.05) is 36.4 Å². The van der Waals surface area contributed by atoms with E-state index in [1.165, 1.54) is 24.3 Å². The van der Waals surface area contributed by atoms with Crippen LogP contribution in [0.3, 0.4) is 0 Å². The average Bonchev–Trinajstić information content (AvgIpc) is 2.59. The first-order valence-electron chi connectivity index (χ1n) is 8.02. The number of halogens is 3. The third-order valence-corrected chi connectivity index (χ3v) is 3.91. The van der Waals surface area contributed by atoms with Crippen molar-refractivity contribution in [2.75, 3.05) is 6.54 Å². The number of aromatic carboxylic acids is 1. The standard InChI is InChI=1S/C19H18F3NO3/c20-19(21,22)16-8-4-2-6-14(16)11-12-23-17(24)10-9-13-5-1-3-7-15(13)18(25)26/h1-8H,9-12H2,(H,23,24)(H,25,26). The van der Waals surface area contributed by atoms with Gasteiger partial charge >= 0.3 is 12.1 Å². The topological polar surface area (TPSA) is 66.4 Å². The molecule has 0 spiro atoms. The lowest BCUT2D eigenvalue weighted by atomic mass is 10.0. The number of rotatable bonds is 7. The quantitative estimate of drug-likeness (QED) is 0.786. The molecule has 0 unspecified atom stereocenters. The van der Waals surface area contributed by atoms with Gasteiger partial charge in [0.05, 0.1) is 11.1 Å². The number of amides is 1. The molecule has 0 aliphatic rings. The van der Waals surface area contributed by atoms with Crippen LogP contribution in [0.1, 0.15) is 33.5 Å². The Morgan fingerprint density at radius 2 is 1.54 bits per heavy atom. The van der Waals surface area contributed by atoms with Crippen LogP contribution in [0, 0.1) is 0 Å². The highest BCUT2D eigenvalue weighted by Crippen LogP contribution is 2.31. The zero-order chi connectivity index (χ0) is 19.2. The summed E-state index contributed by atoms with van der Waals surface area (Å²) in [6.45, 7) is 0.0759. The summed E-state index contributed by atoms with van der Waals surface area (Å²) in [6.07, 6.45) is -4.06. The van der Waals surface area contributed by atoms with E-state index in [1.807, 2.05) is 0 Å². The predicted octanol–water partition coefficient (Wildman–Crippen LogP) is 3.70. The van der Waals surface area contributed by atoms with Crippen molar-refractivity contribution in [3.63, 3.8) is 0 Å². The molecule has 0 saturated carbocycles. The fraction of sp³-hybridized carbons (Fsp3) is 0.263. The van der Waals surface area contributed by atoms with Crippen molar-refractivity contribution in [2.24, 2.45) is 0 Å². The Morgan fingerprint density at radius 3 is 2.19 bits per heavy atom. The highest BCUT2D eigenvalue weighted by atomic mass is 19.4. The van der Waals surface area contributed by atoms with E-state index in [1.54, 1.807) is 18.2 Å². The molecule has 0 bridgehead atoms.